The van der Waals surface area contributed by atoms with Crippen molar-refractivity contribution in [3.05, 3.63) is 23.9 Å². The Bertz CT molecular complexity index is 452. The second-order valence-corrected chi connectivity index (χ2v) is 5.42. The second kappa shape index (κ2) is 8.49. The van der Waals surface area contributed by atoms with E-state index in [1.54, 1.807) is 0 Å². The van der Waals surface area contributed by atoms with E-state index in [4.69, 9.17) is 0 Å². The molecule has 1 saturated heterocycles. The lowest BCUT2D eigenvalue weighted by atomic mass is 10.2. The Labute approximate surface area is 127 Å². The molecule has 1 aliphatic rings. The summed E-state index contributed by atoms with van der Waals surface area (Å²) in [5.74, 6) is 1.96. The highest BCUT2D eigenvalue weighted by molar-refractivity contribution is 5.79. The zero-order valence-corrected chi connectivity index (χ0v) is 13.2. The van der Waals surface area contributed by atoms with E-state index in [0.717, 1.165) is 44.4 Å². The number of unbranched alkanes of at least 4 members (excludes halogenated alkanes) is 1. The van der Waals surface area contributed by atoms with Crippen LogP contribution in [0.5, 0.6) is 0 Å². The summed E-state index contributed by atoms with van der Waals surface area (Å²) >= 11 is 0. The van der Waals surface area contributed by atoms with Crippen LogP contribution in [0.25, 0.3) is 0 Å². The molecule has 0 aliphatic carbocycles. The molecule has 1 aliphatic heterocycles. The highest BCUT2D eigenvalue weighted by Gasteiger charge is 2.13. The molecule has 0 amide bonds. The van der Waals surface area contributed by atoms with Crippen LogP contribution in [0.15, 0.2) is 23.3 Å². The third-order valence-electron chi connectivity index (χ3n) is 3.75. The minimum Gasteiger partial charge on any atom is -0.357 e. The molecule has 1 aromatic rings. The lowest BCUT2D eigenvalue weighted by molar-refractivity contribution is 0.728. The number of guanidine groups is 1. The maximum absolute atomic E-state index is 4.48. The molecule has 0 saturated carbocycles. The molecule has 0 unspecified atom stereocenters. The van der Waals surface area contributed by atoms with E-state index in [9.17, 15) is 0 Å². The molecular weight excluding hydrogens is 262 g/mol. The SMILES string of the molecule is CCCCNC(=NC)NCc1ccnc(N2CCCC2)c1. The van der Waals surface area contributed by atoms with Crippen LogP contribution in [0.1, 0.15) is 38.2 Å². The number of nitrogens with one attached hydrogen (secondary N) is 2. The van der Waals surface area contributed by atoms with Gasteiger partial charge in [-0.2, -0.15) is 0 Å². The van der Waals surface area contributed by atoms with E-state index >= 15 is 0 Å². The van der Waals surface area contributed by atoms with Crippen LogP contribution >= 0.6 is 0 Å². The number of pyridine rings is 1. The predicted molar refractivity (Wildman–Crippen MR) is 88.8 cm³/mol. The van der Waals surface area contributed by atoms with E-state index in [1.807, 2.05) is 13.2 Å². The van der Waals surface area contributed by atoms with E-state index in [2.05, 4.69) is 44.6 Å². The molecular formula is C16H27N5. The van der Waals surface area contributed by atoms with E-state index < -0.39 is 0 Å². The van der Waals surface area contributed by atoms with Gasteiger partial charge in [-0.05, 0) is 37.0 Å². The van der Waals surface area contributed by atoms with Crippen LogP contribution in [0.4, 0.5) is 5.82 Å². The molecule has 2 N–H and O–H groups in total. The summed E-state index contributed by atoms with van der Waals surface area (Å²) in [5, 5.41) is 6.68. The highest BCUT2D eigenvalue weighted by atomic mass is 15.2. The Hall–Kier alpha value is -1.78. The topological polar surface area (TPSA) is 52.6 Å². The Morgan fingerprint density at radius 3 is 2.86 bits per heavy atom. The first-order chi connectivity index (χ1) is 10.3. The van der Waals surface area contributed by atoms with Gasteiger partial charge < -0.3 is 15.5 Å². The van der Waals surface area contributed by atoms with Gasteiger partial charge in [0.05, 0.1) is 0 Å². The van der Waals surface area contributed by atoms with Gasteiger partial charge in [0.2, 0.25) is 0 Å². The third kappa shape index (κ3) is 4.92. The lowest BCUT2D eigenvalue weighted by Gasteiger charge is -2.17. The van der Waals surface area contributed by atoms with E-state index in [1.165, 1.54) is 24.8 Å². The molecule has 2 rings (SSSR count). The second-order valence-electron chi connectivity index (χ2n) is 5.42. The van der Waals surface area contributed by atoms with Gasteiger partial charge in [0.1, 0.15) is 5.82 Å². The number of hydrogen-bond donors (Lipinski definition) is 2. The quantitative estimate of drug-likeness (QED) is 0.479. The van der Waals surface area contributed by atoms with Gasteiger partial charge in [-0.25, -0.2) is 4.98 Å². The Morgan fingerprint density at radius 2 is 2.14 bits per heavy atom. The largest absolute Gasteiger partial charge is 0.357 e. The zero-order chi connectivity index (χ0) is 14.9. The summed E-state index contributed by atoms with van der Waals surface area (Å²) in [6.45, 7) is 6.18. The maximum atomic E-state index is 4.48. The van der Waals surface area contributed by atoms with Crippen molar-refractivity contribution in [2.24, 2.45) is 4.99 Å². The fourth-order valence-electron chi connectivity index (χ4n) is 2.48. The van der Waals surface area contributed by atoms with Crippen molar-refractivity contribution >= 4 is 11.8 Å². The fourth-order valence-corrected chi connectivity index (χ4v) is 2.48. The summed E-state index contributed by atoms with van der Waals surface area (Å²) < 4.78 is 0. The van der Waals surface area contributed by atoms with Gasteiger partial charge in [0, 0.05) is 39.4 Å². The smallest absolute Gasteiger partial charge is 0.191 e. The van der Waals surface area contributed by atoms with Crippen LogP contribution < -0.4 is 15.5 Å². The zero-order valence-electron chi connectivity index (χ0n) is 13.2. The first kappa shape index (κ1) is 15.6. The van der Waals surface area contributed by atoms with E-state index in [0.29, 0.717) is 0 Å². The average Bonchev–Trinajstić information content (AvgIpc) is 3.05. The van der Waals surface area contributed by atoms with Crippen LogP contribution in [-0.4, -0.2) is 37.6 Å². The van der Waals surface area contributed by atoms with Gasteiger partial charge in [-0.1, -0.05) is 13.3 Å². The van der Waals surface area contributed by atoms with Gasteiger partial charge in [0.25, 0.3) is 0 Å². The van der Waals surface area contributed by atoms with Gasteiger partial charge in [-0.3, -0.25) is 4.99 Å². The summed E-state index contributed by atoms with van der Waals surface area (Å²) in [4.78, 5) is 11.1. The molecule has 5 nitrogen and oxygen atoms in total. The normalized spacial score (nSPS) is 15.3. The van der Waals surface area contributed by atoms with Crippen molar-refractivity contribution in [1.82, 2.24) is 15.6 Å². The molecule has 0 aromatic carbocycles. The minimum atomic E-state index is 0.773. The van der Waals surface area contributed by atoms with Gasteiger partial charge in [-0.15, -0.1) is 0 Å². The first-order valence-corrected chi connectivity index (χ1v) is 7.98. The third-order valence-corrected chi connectivity index (χ3v) is 3.75. The van der Waals surface area contributed by atoms with Crippen LogP contribution in [0.2, 0.25) is 0 Å². The Balaban J connectivity index is 1.85. The van der Waals surface area contributed by atoms with Crippen LogP contribution in [0, 0.1) is 0 Å². The molecule has 21 heavy (non-hydrogen) atoms. The molecule has 0 spiro atoms. The maximum Gasteiger partial charge on any atom is 0.191 e. The highest BCUT2D eigenvalue weighted by Crippen LogP contribution is 2.18. The van der Waals surface area contributed by atoms with Gasteiger partial charge >= 0.3 is 0 Å². The van der Waals surface area contributed by atoms with Crippen molar-refractivity contribution in [3.63, 3.8) is 0 Å². The Kier molecular flexibility index (Phi) is 6.31. The molecule has 116 valence electrons. The molecule has 0 atom stereocenters. The number of nitrogens with zero attached hydrogens (tertiary/aromatic N) is 3. The van der Waals surface area contributed by atoms with Crippen molar-refractivity contribution in [2.75, 3.05) is 31.6 Å². The number of rotatable bonds is 6. The summed E-state index contributed by atoms with van der Waals surface area (Å²) in [5.41, 5.74) is 1.24. The van der Waals surface area contributed by atoms with E-state index in [-0.39, 0.29) is 0 Å². The minimum absolute atomic E-state index is 0.773. The van der Waals surface area contributed by atoms with Crippen LogP contribution in [-0.2, 0) is 6.54 Å². The van der Waals surface area contributed by atoms with Crippen molar-refractivity contribution < 1.29 is 0 Å². The number of aliphatic imine (C=N–C) groups is 1. The monoisotopic (exact) mass is 289 g/mol. The molecule has 5 heteroatoms. The average molecular weight is 289 g/mol. The summed E-state index contributed by atoms with van der Waals surface area (Å²) in [6.07, 6.45) is 6.80. The van der Waals surface area contributed by atoms with Crippen LogP contribution in [0.3, 0.4) is 0 Å². The first-order valence-electron chi connectivity index (χ1n) is 7.98. The number of anilines is 1. The molecule has 1 aromatic heterocycles. The van der Waals surface area contributed by atoms with Crippen molar-refractivity contribution in [2.45, 2.75) is 39.2 Å². The molecule has 2 heterocycles. The standard InChI is InChI=1S/C16H27N5/c1-3-4-8-19-16(17-2)20-13-14-7-9-18-15(12-14)21-10-5-6-11-21/h7,9,12H,3-6,8,10-11,13H2,1-2H3,(H2,17,19,20). The van der Waals surface area contributed by atoms with Crippen molar-refractivity contribution in [3.8, 4) is 0 Å². The molecule has 0 bridgehead atoms. The summed E-state index contributed by atoms with van der Waals surface area (Å²) in [6, 6.07) is 4.24. The predicted octanol–water partition coefficient (Wildman–Crippen LogP) is 2.15. The number of hydrogen-bond acceptors (Lipinski definition) is 3. The number of aromatic nitrogens is 1. The summed E-state index contributed by atoms with van der Waals surface area (Å²) in [7, 11) is 1.81. The molecule has 0 radical (unpaired) electrons. The van der Waals surface area contributed by atoms with Gasteiger partial charge in [0.15, 0.2) is 5.96 Å². The van der Waals surface area contributed by atoms with Crippen molar-refractivity contribution in [1.29, 1.82) is 0 Å². The fraction of sp³-hybridized carbons (Fsp3) is 0.625. The lowest BCUT2D eigenvalue weighted by Crippen LogP contribution is -2.37. The molecule has 1 fully saturated rings. The Morgan fingerprint density at radius 1 is 1.33 bits per heavy atom.